The molecule has 2 saturated carbocycles. The smallest absolute Gasteiger partial charge is 0.180 e. The standard InChI is InChI=1S/C9H12N2O/c10-9(8-4-12-5-11-8)2-6-1-7(6)3-9/h4-7H,1-3,10H2. The number of fused-ring (bicyclic) bond motifs is 1. The van der Waals surface area contributed by atoms with Gasteiger partial charge < -0.3 is 10.2 Å². The summed E-state index contributed by atoms with van der Waals surface area (Å²) in [4.78, 5) is 4.13. The predicted octanol–water partition coefficient (Wildman–Crippen LogP) is 1.26. The van der Waals surface area contributed by atoms with Crippen LogP contribution in [0.2, 0.25) is 0 Å². The molecular weight excluding hydrogens is 152 g/mol. The minimum Gasteiger partial charge on any atom is -0.451 e. The van der Waals surface area contributed by atoms with Gasteiger partial charge in [0, 0.05) is 0 Å². The first-order chi connectivity index (χ1) is 5.78. The van der Waals surface area contributed by atoms with Crippen LogP contribution in [0.5, 0.6) is 0 Å². The lowest BCUT2D eigenvalue weighted by atomic mass is 9.91. The van der Waals surface area contributed by atoms with Gasteiger partial charge in [-0.1, -0.05) is 0 Å². The maximum atomic E-state index is 6.22. The molecule has 2 aliphatic carbocycles. The summed E-state index contributed by atoms with van der Waals surface area (Å²) in [6, 6.07) is 0. The summed E-state index contributed by atoms with van der Waals surface area (Å²) in [7, 11) is 0. The lowest BCUT2D eigenvalue weighted by Crippen LogP contribution is -2.35. The van der Waals surface area contributed by atoms with E-state index in [1.54, 1.807) is 6.26 Å². The average Bonchev–Trinajstić information content (AvgIpc) is 2.59. The number of nitrogens with two attached hydrogens (primary N) is 1. The highest BCUT2D eigenvalue weighted by molar-refractivity contribution is 5.17. The Kier molecular flexibility index (Phi) is 1.06. The molecule has 3 heteroatoms. The number of oxazole rings is 1. The van der Waals surface area contributed by atoms with Crippen molar-refractivity contribution in [2.45, 2.75) is 24.8 Å². The zero-order valence-electron chi connectivity index (χ0n) is 6.86. The second kappa shape index (κ2) is 1.91. The SMILES string of the molecule is NC1(c2cocn2)CC2CC2C1. The third kappa shape index (κ3) is 0.771. The van der Waals surface area contributed by atoms with Crippen molar-refractivity contribution in [1.29, 1.82) is 0 Å². The van der Waals surface area contributed by atoms with E-state index in [1.165, 1.54) is 12.8 Å². The van der Waals surface area contributed by atoms with Gasteiger partial charge in [-0.15, -0.1) is 0 Å². The lowest BCUT2D eigenvalue weighted by Gasteiger charge is -2.22. The Labute approximate surface area is 71.0 Å². The topological polar surface area (TPSA) is 52.0 Å². The van der Waals surface area contributed by atoms with E-state index in [1.807, 2.05) is 0 Å². The van der Waals surface area contributed by atoms with E-state index >= 15 is 0 Å². The molecule has 0 amide bonds. The Balaban J connectivity index is 1.92. The first-order valence-electron chi connectivity index (χ1n) is 4.45. The second-order valence-corrected chi connectivity index (χ2v) is 4.19. The largest absolute Gasteiger partial charge is 0.451 e. The second-order valence-electron chi connectivity index (χ2n) is 4.19. The van der Waals surface area contributed by atoms with E-state index in [0.29, 0.717) is 0 Å². The van der Waals surface area contributed by atoms with Crippen LogP contribution in [-0.4, -0.2) is 4.98 Å². The molecule has 0 spiro atoms. The van der Waals surface area contributed by atoms with Crippen LogP contribution < -0.4 is 5.73 Å². The van der Waals surface area contributed by atoms with Gasteiger partial charge in [-0.2, -0.15) is 0 Å². The van der Waals surface area contributed by atoms with Crippen LogP contribution in [-0.2, 0) is 5.54 Å². The van der Waals surface area contributed by atoms with Crippen molar-refractivity contribution in [1.82, 2.24) is 4.98 Å². The Morgan fingerprint density at radius 3 is 2.83 bits per heavy atom. The van der Waals surface area contributed by atoms with Crippen molar-refractivity contribution >= 4 is 0 Å². The van der Waals surface area contributed by atoms with E-state index in [-0.39, 0.29) is 5.54 Å². The highest BCUT2D eigenvalue weighted by Crippen LogP contribution is 2.58. The summed E-state index contributed by atoms with van der Waals surface area (Å²) in [5, 5.41) is 0. The van der Waals surface area contributed by atoms with Gasteiger partial charge in [-0.25, -0.2) is 4.98 Å². The van der Waals surface area contributed by atoms with E-state index in [0.717, 1.165) is 30.4 Å². The molecule has 2 fully saturated rings. The molecule has 0 aliphatic heterocycles. The molecule has 1 aromatic rings. The van der Waals surface area contributed by atoms with Crippen LogP contribution in [0.1, 0.15) is 25.0 Å². The molecule has 12 heavy (non-hydrogen) atoms. The number of nitrogens with zero attached hydrogens (tertiary/aromatic N) is 1. The van der Waals surface area contributed by atoms with Crippen molar-refractivity contribution in [3.63, 3.8) is 0 Å². The van der Waals surface area contributed by atoms with E-state index in [4.69, 9.17) is 10.2 Å². The molecule has 0 aromatic carbocycles. The summed E-state index contributed by atoms with van der Waals surface area (Å²) in [5.41, 5.74) is 7.00. The van der Waals surface area contributed by atoms with Crippen molar-refractivity contribution in [2.24, 2.45) is 17.6 Å². The van der Waals surface area contributed by atoms with Crippen LogP contribution in [0, 0.1) is 11.8 Å². The molecule has 0 saturated heterocycles. The van der Waals surface area contributed by atoms with Crippen LogP contribution in [0.25, 0.3) is 0 Å². The van der Waals surface area contributed by atoms with Crippen LogP contribution >= 0.6 is 0 Å². The normalized spacial score (nSPS) is 44.4. The fraction of sp³-hybridized carbons (Fsp3) is 0.667. The quantitative estimate of drug-likeness (QED) is 0.679. The number of rotatable bonds is 1. The Morgan fingerprint density at radius 1 is 1.50 bits per heavy atom. The van der Waals surface area contributed by atoms with Crippen LogP contribution in [0.3, 0.4) is 0 Å². The van der Waals surface area contributed by atoms with E-state index in [9.17, 15) is 0 Å². The summed E-state index contributed by atoms with van der Waals surface area (Å²) in [6.45, 7) is 0. The van der Waals surface area contributed by atoms with Gasteiger partial charge in [0.15, 0.2) is 6.39 Å². The molecule has 64 valence electrons. The van der Waals surface area contributed by atoms with Crippen LogP contribution in [0.4, 0.5) is 0 Å². The fourth-order valence-corrected chi connectivity index (χ4v) is 2.50. The molecule has 0 radical (unpaired) electrons. The third-order valence-electron chi connectivity index (χ3n) is 3.26. The maximum absolute atomic E-state index is 6.22. The molecule has 0 bridgehead atoms. The van der Waals surface area contributed by atoms with Gasteiger partial charge in [-0.05, 0) is 31.1 Å². The Morgan fingerprint density at radius 2 is 2.25 bits per heavy atom. The summed E-state index contributed by atoms with van der Waals surface area (Å²) >= 11 is 0. The minimum atomic E-state index is -0.166. The van der Waals surface area contributed by atoms with Crippen molar-refractivity contribution in [3.8, 4) is 0 Å². The monoisotopic (exact) mass is 164 g/mol. The molecule has 2 unspecified atom stereocenters. The zero-order chi connectivity index (χ0) is 8.18. The molecule has 3 nitrogen and oxygen atoms in total. The Bertz CT molecular complexity index is 283. The molecule has 2 atom stereocenters. The minimum absolute atomic E-state index is 0.166. The van der Waals surface area contributed by atoms with E-state index in [2.05, 4.69) is 4.98 Å². The van der Waals surface area contributed by atoms with Gasteiger partial charge in [-0.3, -0.25) is 0 Å². The Hall–Kier alpha value is -0.830. The molecule has 1 aromatic heterocycles. The van der Waals surface area contributed by atoms with Gasteiger partial charge >= 0.3 is 0 Å². The summed E-state index contributed by atoms with van der Waals surface area (Å²) in [6.07, 6.45) is 6.74. The van der Waals surface area contributed by atoms with Crippen molar-refractivity contribution in [3.05, 3.63) is 18.4 Å². The summed E-state index contributed by atoms with van der Waals surface area (Å²) < 4.78 is 4.95. The fourth-order valence-electron chi connectivity index (χ4n) is 2.50. The molecule has 3 rings (SSSR count). The zero-order valence-corrected chi connectivity index (χ0v) is 6.86. The molecule has 2 aliphatic rings. The average molecular weight is 164 g/mol. The molecule has 1 heterocycles. The molecule has 2 N–H and O–H groups in total. The highest BCUT2D eigenvalue weighted by Gasteiger charge is 2.53. The third-order valence-corrected chi connectivity index (χ3v) is 3.26. The van der Waals surface area contributed by atoms with Gasteiger partial charge in [0.05, 0.1) is 11.2 Å². The summed E-state index contributed by atoms with van der Waals surface area (Å²) in [5.74, 6) is 1.76. The highest BCUT2D eigenvalue weighted by atomic mass is 16.3. The van der Waals surface area contributed by atoms with Crippen molar-refractivity contribution in [2.75, 3.05) is 0 Å². The number of hydrogen-bond acceptors (Lipinski definition) is 3. The van der Waals surface area contributed by atoms with Gasteiger partial charge in [0.1, 0.15) is 6.26 Å². The van der Waals surface area contributed by atoms with E-state index < -0.39 is 0 Å². The predicted molar refractivity (Wildman–Crippen MR) is 43.2 cm³/mol. The molecular formula is C9H12N2O. The number of aromatic nitrogens is 1. The lowest BCUT2D eigenvalue weighted by molar-refractivity contribution is 0.397. The number of hydrogen-bond donors (Lipinski definition) is 1. The van der Waals surface area contributed by atoms with Gasteiger partial charge in [0.2, 0.25) is 0 Å². The first-order valence-corrected chi connectivity index (χ1v) is 4.45. The van der Waals surface area contributed by atoms with Crippen LogP contribution in [0.15, 0.2) is 17.1 Å². The first kappa shape index (κ1) is 6.66. The maximum Gasteiger partial charge on any atom is 0.180 e. The van der Waals surface area contributed by atoms with Gasteiger partial charge in [0.25, 0.3) is 0 Å². The van der Waals surface area contributed by atoms with Crippen molar-refractivity contribution < 1.29 is 4.42 Å².